The standard InChI is InChI=1S/C8H8N4O3/c13-6-7(14)12(8(15)10-6)5-4-11-3-1-2-9-11/h1-3H,4-5H2,(H,10,13,15). The largest absolute Gasteiger partial charge is 0.331 e. The van der Waals surface area contributed by atoms with Crippen LogP contribution in [0.4, 0.5) is 4.79 Å². The van der Waals surface area contributed by atoms with Crippen molar-refractivity contribution in [3.05, 3.63) is 18.5 Å². The van der Waals surface area contributed by atoms with Gasteiger partial charge in [0.2, 0.25) is 0 Å². The van der Waals surface area contributed by atoms with Crippen LogP contribution in [0.15, 0.2) is 18.5 Å². The van der Waals surface area contributed by atoms with Crippen LogP contribution in [0.3, 0.4) is 0 Å². The summed E-state index contributed by atoms with van der Waals surface area (Å²) in [5.41, 5.74) is 0. The SMILES string of the molecule is O=C1NC(=O)N(CCn2cccn2)C1=O. The molecule has 1 aliphatic rings. The van der Waals surface area contributed by atoms with E-state index in [2.05, 4.69) is 5.10 Å². The molecule has 7 heteroatoms. The normalized spacial score (nSPS) is 16.0. The van der Waals surface area contributed by atoms with Crippen molar-refractivity contribution in [2.45, 2.75) is 6.54 Å². The first kappa shape index (κ1) is 9.38. The first-order chi connectivity index (χ1) is 7.18. The van der Waals surface area contributed by atoms with Crippen LogP contribution in [-0.2, 0) is 16.1 Å². The monoisotopic (exact) mass is 208 g/mol. The first-order valence-electron chi connectivity index (χ1n) is 4.33. The molecule has 0 saturated carbocycles. The minimum absolute atomic E-state index is 0.137. The van der Waals surface area contributed by atoms with E-state index < -0.39 is 17.8 Å². The summed E-state index contributed by atoms with van der Waals surface area (Å²) in [5.74, 6) is -1.69. The van der Waals surface area contributed by atoms with E-state index in [0.717, 1.165) is 4.90 Å². The van der Waals surface area contributed by atoms with Gasteiger partial charge in [-0.2, -0.15) is 5.10 Å². The number of nitrogens with one attached hydrogen (secondary N) is 1. The maximum atomic E-state index is 11.1. The molecule has 1 saturated heterocycles. The van der Waals surface area contributed by atoms with Gasteiger partial charge in [0.25, 0.3) is 0 Å². The van der Waals surface area contributed by atoms with Crippen molar-refractivity contribution in [1.29, 1.82) is 0 Å². The Balaban J connectivity index is 1.98. The highest BCUT2D eigenvalue weighted by Crippen LogP contribution is 2.00. The number of amides is 4. The summed E-state index contributed by atoms with van der Waals surface area (Å²) in [4.78, 5) is 33.9. The lowest BCUT2D eigenvalue weighted by Crippen LogP contribution is -2.34. The minimum atomic E-state index is -0.875. The van der Waals surface area contributed by atoms with Gasteiger partial charge in [-0.05, 0) is 6.07 Å². The van der Waals surface area contributed by atoms with Gasteiger partial charge in [-0.15, -0.1) is 0 Å². The maximum absolute atomic E-state index is 11.1. The lowest BCUT2D eigenvalue weighted by Gasteiger charge is -2.10. The Morgan fingerprint density at radius 2 is 2.07 bits per heavy atom. The van der Waals surface area contributed by atoms with Gasteiger partial charge >= 0.3 is 17.8 Å². The van der Waals surface area contributed by atoms with Crippen LogP contribution in [0.1, 0.15) is 0 Å². The van der Waals surface area contributed by atoms with Gasteiger partial charge < -0.3 is 0 Å². The highest BCUT2D eigenvalue weighted by molar-refractivity contribution is 6.44. The molecular formula is C8H8N4O3. The van der Waals surface area contributed by atoms with E-state index in [1.165, 1.54) is 0 Å². The van der Waals surface area contributed by atoms with E-state index in [1.807, 2.05) is 5.32 Å². The van der Waals surface area contributed by atoms with E-state index in [4.69, 9.17) is 0 Å². The van der Waals surface area contributed by atoms with Gasteiger partial charge in [-0.25, -0.2) is 4.79 Å². The van der Waals surface area contributed by atoms with Crippen LogP contribution in [-0.4, -0.2) is 39.1 Å². The number of aromatic nitrogens is 2. The van der Waals surface area contributed by atoms with E-state index in [0.29, 0.717) is 6.54 Å². The molecule has 0 aliphatic carbocycles. The molecular weight excluding hydrogens is 200 g/mol. The Labute approximate surface area is 84.7 Å². The van der Waals surface area contributed by atoms with Crippen LogP contribution in [0.25, 0.3) is 0 Å². The summed E-state index contributed by atoms with van der Waals surface area (Å²) < 4.78 is 1.57. The van der Waals surface area contributed by atoms with E-state index >= 15 is 0 Å². The molecule has 0 spiro atoms. The van der Waals surface area contributed by atoms with Crippen molar-refractivity contribution in [2.75, 3.05) is 6.54 Å². The van der Waals surface area contributed by atoms with Gasteiger partial charge in [0.05, 0.1) is 13.1 Å². The molecule has 0 unspecified atom stereocenters. The molecule has 7 nitrogen and oxygen atoms in total. The molecule has 15 heavy (non-hydrogen) atoms. The maximum Gasteiger partial charge on any atom is 0.331 e. The molecule has 1 N–H and O–H groups in total. The molecule has 78 valence electrons. The molecule has 2 rings (SSSR count). The fraction of sp³-hybridized carbons (Fsp3) is 0.250. The summed E-state index contributed by atoms with van der Waals surface area (Å²) in [7, 11) is 0. The van der Waals surface area contributed by atoms with Crippen molar-refractivity contribution in [1.82, 2.24) is 20.0 Å². The Kier molecular flexibility index (Phi) is 2.20. The second-order valence-electron chi connectivity index (χ2n) is 2.99. The third-order valence-electron chi connectivity index (χ3n) is 2.02. The molecule has 1 aromatic rings. The number of carbonyl (C=O) groups is 3. The average Bonchev–Trinajstić information content (AvgIpc) is 2.76. The van der Waals surface area contributed by atoms with Gasteiger partial charge in [-0.1, -0.05) is 0 Å². The Hall–Kier alpha value is -2.18. The molecule has 0 aromatic carbocycles. The van der Waals surface area contributed by atoms with Crippen LogP contribution >= 0.6 is 0 Å². The Morgan fingerprint density at radius 3 is 2.60 bits per heavy atom. The number of nitrogens with zero attached hydrogens (tertiary/aromatic N) is 3. The molecule has 1 aliphatic heterocycles. The third kappa shape index (κ3) is 1.71. The molecule has 0 radical (unpaired) electrons. The zero-order chi connectivity index (χ0) is 10.8. The Bertz CT molecular complexity index is 412. The predicted molar refractivity (Wildman–Crippen MR) is 47.5 cm³/mol. The molecule has 4 amide bonds. The van der Waals surface area contributed by atoms with Crippen molar-refractivity contribution in [3.8, 4) is 0 Å². The predicted octanol–water partition coefficient (Wildman–Crippen LogP) is -1.04. The number of hydrogen-bond acceptors (Lipinski definition) is 4. The molecule has 1 aromatic heterocycles. The number of hydrogen-bond donors (Lipinski definition) is 1. The van der Waals surface area contributed by atoms with E-state index in [1.54, 1.807) is 23.1 Å². The van der Waals surface area contributed by atoms with Gasteiger partial charge in [-0.3, -0.25) is 24.5 Å². The fourth-order valence-electron chi connectivity index (χ4n) is 1.27. The topological polar surface area (TPSA) is 84.3 Å². The summed E-state index contributed by atoms with van der Waals surface area (Å²) in [6.07, 6.45) is 3.30. The fourth-order valence-corrected chi connectivity index (χ4v) is 1.27. The number of rotatable bonds is 3. The summed E-state index contributed by atoms with van der Waals surface area (Å²) in [6, 6.07) is 1.06. The summed E-state index contributed by atoms with van der Waals surface area (Å²) >= 11 is 0. The lowest BCUT2D eigenvalue weighted by molar-refractivity contribution is -0.140. The van der Waals surface area contributed by atoms with Crippen molar-refractivity contribution in [3.63, 3.8) is 0 Å². The summed E-state index contributed by atoms with van der Waals surface area (Å²) in [6.45, 7) is 0.511. The second kappa shape index (κ2) is 3.52. The summed E-state index contributed by atoms with van der Waals surface area (Å²) in [5, 5.41) is 5.82. The first-order valence-corrected chi connectivity index (χ1v) is 4.33. The molecule has 2 heterocycles. The zero-order valence-electron chi connectivity index (χ0n) is 7.71. The van der Waals surface area contributed by atoms with Crippen LogP contribution in [0, 0.1) is 0 Å². The highest BCUT2D eigenvalue weighted by atomic mass is 16.2. The van der Waals surface area contributed by atoms with Crippen LogP contribution < -0.4 is 5.32 Å². The second-order valence-corrected chi connectivity index (χ2v) is 2.99. The number of carbonyl (C=O) groups excluding carboxylic acids is 3. The van der Waals surface area contributed by atoms with Crippen molar-refractivity contribution < 1.29 is 14.4 Å². The number of urea groups is 1. The van der Waals surface area contributed by atoms with Crippen LogP contribution in [0.2, 0.25) is 0 Å². The van der Waals surface area contributed by atoms with Crippen LogP contribution in [0.5, 0.6) is 0 Å². The molecule has 0 atom stereocenters. The molecule has 0 bridgehead atoms. The molecule has 1 fully saturated rings. The Morgan fingerprint density at radius 1 is 1.27 bits per heavy atom. The average molecular weight is 208 g/mol. The lowest BCUT2D eigenvalue weighted by atomic mass is 10.5. The third-order valence-corrected chi connectivity index (χ3v) is 2.02. The zero-order valence-corrected chi connectivity index (χ0v) is 7.71. The van der Waals surface area contributed by atoms with Gasteiger partial charge in [0.1, 0.15) is 0 Å². The number of imide groups is 2. The smallest absolute Gasteiger partial charge is 0.271 e. The minimum Gasteiger partial charge on any atom is -0.271 e. The van der Waals surface area contributed by atoms with E-state index in [9.17, 15) is 14.4 Å². The van der Waals surface area contributed by atoms with Crippen molar-refractivity contribution >= 4 is 17.8 Å². The van der Waals surface area contributed by atoms with Gasteiger partial charge in [0, 0.05) is 12.4 Å². The van der Waals surface area contributed by atoms with Crippen molar-refractivity contribution in [2.24, 2.45) is 0 Å². The highest BCUT2D eigenvalue weighted by Gasteiger charge is 2.36. The van der Waals surface area contributed by atoms with E-state index in [-0.39, 0.29) is 6.54 Å². The van der Waals surface area contributed by atoms with Gasteiger partial charge in [0.15, 0.2) is 0 Å². The quantitative estimate of drug-likeness (QED) is 0.508.